The summed E-state index contributed by atoms with van der Waals surface area (Å²) in [4.78, 5) is 0. The van der Waals surface area contributed by atoms with E-state index >= 15 is 0 Å². The number of hydrogen-bond acceptors (Lipinski definition) is 0. The molecule has 1 aliphatic rings. The molecule has 9 unspecified atom stereocenters. The monoisotopic (exact) mass is 519 g/mol. The van der Waals surface area contributed by atoms with E-state index in [1.165, 1.54) is 89.9 Å². The zero-order chi connectivity index (χ0) is 28.2. The van der Waals surface area contributed by atoms with Gasteiger partial charge in [0.05, 0.1) is 0 Å². The van der Waals surface area contributed by atoms with Crippen LogP contribution in [0, 0.1) is 64.6 Å². The summed E-state index contributed by atoms with van der Waals surface area (Å²) < 4.78 is 0. The van der Waals surface area contributed by atoms with Gasteiger partial charge in [0.1, 0.15) is 0 Å². The van der Waals surface area contributed by atoms with Gasteiger partial charge in [-0.1, -0.05) is 128 Å². The number of hydrogen-bond donors (Lipinski definition) is 0. The Kier molecular flexibility index (Phi) is 16.7. The van der Waals surface area contributed by atoms with Crippen molar-refractivity contribution in [1.82, 2.24) is 0 Å². The van der Waals surface area contributed by atoms with Crippen LogP contribution >= 0.6 is 0 Å². The standard InChI is InChI=1S/C37H74/c1-13-17-18-30(9)35(29(8)15-3)23-28(7)22-31(10)36-25-34(36)24-32(16-4)33(20-19-27(5)6)26-37(11,12)21-14-2/h27-36H,13-26H2,1-12H3. The van der Waals surface area contributed by atoms with Gasteiger partial charge in [-0.05, 0) is 110 Å². The molecule has 222 valence electrons. The maximum absolute atomic E-state index is 2.61. The Morgan fingerprint density at radius 3 is 1.95 bits per heavy atom. The molecule has 0 N–H and O–H groups in total. The lowest BCUT2D eigenvalue weighted by atomic mass is 9.71. The van der Waals surface area contributed by atoms with E-state index in [1.807, 2.05) is 0 Å². The molecular formula is C37H74. The van der Waals surface area contributed by atoms with Crippen molar-refractivity contribution in [3.05, 3.63) is 0 Å². The SMILES string of the molecule is CCCCC(C)C(CC(C)CC(C)C1CC1CC(CC)C(CCC(C)C)CC(C)(C)CCC)C(C)CC. The molecule has 0 radical (unpaired) electrons. The first kappa shape index (κ1) is 35.0. The molecule has 0 bridgehead atoms. The van der Waals surface area contributed by atoms with Crippen molar-refractivity contribution < 1.29 is 0 Å². The molecule has 0 aromatic rings. The first-order valence-corrected chi connectivity index (χ1v) is 17.4. The second kappa shape index (κ2) is 17.6. The molecule has 0 amide bonds. The molecular weight excluding hydrogens is 444 g/mol. The minimum absolute atomic E-state index is 0.510. The average Bonchev–Trinajstić information content (AvgIpc) is 3.61. The predicted molar refractivity (Wildman–Crippen MR) is 170 cm³/mol. The summed E-state index contributed by atoms with van der Waals surface area (Å²) in [6.07, 6.45) is 19.9. The summed E-state index contributed by atoms with van der Waals surface area (Å²) in [5, 5.41) is 0. The van der Waals surface area contributed by atoms with Crippen LogP contribution in [-0.4, -0.2) is 0 Å². The fraction of sp³-hybridized carbons (Fsp3) is 1.00. The van der Waals surface area contributed by atoms with E-state index in [4.69, 9.17) is 0 Å². The van der Waals surface area contributed by atoms with Crippen LogP contribution < -0.4 is 0 Å². The lowest BCUT2D eigenvalue weighted by Crippen LogP contribution is -2.24. The number of rotatable bonds is 22. The average molecular weight is 519 g/mol. The van der Waals surface area contributed by atoms with E-state index in [9.17, 15) is 0 Å². The maximum atomic E-state index is 2.61. The third-order valence-electron chi connectivity index (χ3n) is 10.9. The van der Waals surface area contributed by atoms with Crippen LogP contribution in [-0.2, 0) is 0 Å². The summed E-state index contributed by atoms with van der Waals surface area (Å²) in [5.74, 6) is 9.27. The minimum atomic E-state index is 0.510. The van der Waals surface area contributed by atoms with Crippen molar-refractivity contribution in [3.8, 4) is 0 Å². The zero-order valence-corrected chi connectivity index (χ0v) is 28.2. The Labute approximate surface area is 237 Å². The van der Waals surface area contributed by atoms with Crippen LogP contribution in [0.4, 0.5) is 0 Å². The van der Waals surface area contributed by atoms with Crippen molar-refractivity contribution in [2.45, 2.75) is 173 Å². The molecule has 0 saturated heterocycles. The van der Waals surface area contributed by atoms with Gasteiger partial charge in [0.15, 0.2) is 0 Å². The van der Waals surface area contributed by atoms with Crippen LogP contribution in [0.3, 0.4) is 0 Å². The van der Waals surface area contributed by atoms with Crippen LogP contribution in [0.15, 0.2) is 0 Å². The fourth-order valence-electron chi connectivity index (χ4n) is 8.30. The third-order valence-corrected chi connectivity index (χ3v) is 10.9. The molecule has 0 heteroatoms. The highest BCUT2D eigenvalue weighted by atomic mass is 14.5. The second-order valence-corrected chi connectivity index (χ2v) is 15.6. The van der Waals surface area contributed by atoms with E-state index in [1.54, 1.807) is 0 Å². The van der Waals surface area contributed by atoms with Crippen LogP contribution in [0.1, 0.15) is 173 Å². The summed E-state index contributed by atoms with van der Waals surface area (Å²) in [7, 11) is 0. The van der Waals surface area contributed by atoms with E-state index in [0.29, 0.717) is 5.41 Å². The van der Waals surface area contributed by atoms with Gasteiger partial charge in [-0.2, -0.15) is 0 Å². The fourth-order valence-corrected chi connectivity index (χ4v) is 8.30. The van der Waals surface area contributed by atoms with Gasteiger partial charge in [-0.15, -0.1) is 0 Å². The summed E-state index contributed by atoms with van der Waals surface area (Å²) in [6.45, 7) is 29.9. The van der Waals surface area contributed by atoms with Crippen molar-refractivity contribution in [2.24, 2.45) is 64.6 Å². The van der Waals surface area contributed by atoms with Crippen molar-refractivity contribution in [1.29, 1.82) is 0 Å². The van der Waals surface area contributed by atoms with E-state index in [2.05, 4.69) is 83.1 Å². The van der Waals surface area contributed by atoms with Gasteiger partial charge in [-0.25, -0.2) is 0 Å². The molecule has 0 aromatic carbocycles. The largest absolute Gasteiger partial charge is 0.0654 e. The lowest BCUT2D eigenvalue weighted by molar-refractivity contribution is 0.159. The quantitative estimate of drug-likeness (QED) is 0.134. The smallest absolute Gasteiger partial charge is 0.0352 e. The van der Waals surface area contributed by atoms with Gasteiger partial charge >= 0.3 is 0 Å². The highest BCUT2D eigenvalue weighted by Gasteiger charge is 2.43. The van der Waals surface area contributed by atoms with Crippen LogP contribution in [0.25, 0.3) is 0 Å². The Hall–Kier alpha value is 0. The molecule has 0 heterocycles. The Bertz CT molecular complexity index is 558. The molecule has 0 aliphatic heterocycles. The van der Waals surface area contributed by atoms with E-state index in [0.717, 1.165) is 59.2 Å². The lowest BCUT2D eigenvalue weighted by Gasteiger charge is -2.35. The zero-order valence-electron chi connectivity index (χ0n) is 28.2. The van der Waals surface area contributed by atoms with E-state index in [-0.39, 0.29) is 0 Å². The molecule has 1 rings (SSSR count). The van der Waals surface area contributed by atoms with Crippen molar-refractivity contribution in [3.63, 3.8) is 0 Å². The molecule has 0 spiro atoms. The molecule has 1 fully saturated rings. The van der Waals surface area contributed by atoms with Gasteiger partial charge in [0.25, 0.3) is 0 Å². The summed E-state index contributed by atoms with van der Waals surface area (Å²) >= 11 is 0. The highest BCUT2D eigenvalue weighted by Crippen LogP contribution is 2.52. The van der Waals surface area contributed by atoms with Crippen LogP contribution in [0.2, 0.25) is 0 Å². The molecule has 0 nitrogen and oxygen atoms in total. The minimum Gasteiger partial charge on any atom is -0.0654 e. The molecule has 0 aromatic heterocycles. The van der Waals surface area contributed by atoms with E-state index < -0.39 is 0 Å². The Morgan fingerprint density at radius 1 is 0.730 bits per heavy atom. The van der Waals surface area contributed by atoms with Crippen molar-refractivity contribution >= 4 is 0 Å². The summed E-state index contributed by atoms with van der Waals surface area (Å²) in [5.41, 5.74) is 0.510. The first-order chi connectivity index (χ1) is 17.4. The van der Waals surface area contributed by atoms with Gasteiger partial charge in [0, 0.05) is 0 Å². The third kappa shape index (κ3) is 13.3. The normalized spacial score (nSPS) is 23.9. The van der Waals surface area contributed by atoms with Gasteiger partial charge < -0.3 is 0 Å². The maximum Gasteiger partial charge on any atom is -0.0352 e. The molecule has 1 saturated carbocycles. The predicted octanol–water partition coefficient (Wildman–Crippen LogP) is 12.8. The highest BCUT2D eigenvalue weighted by molar-refractivity contribution is 4.93. The van der Waals surface area contributed by atoms with Gasteiger partial charge in [0.2, 0.25) is 0 Å². The molecule has 1 aliphatic carbocycles. The molecule has 9 atom stereocenters. The topological polar surface area (TPSA) is 0 Å². The second-order valence-electron chi connectivity index (χ2n) is 15.6. The number of unbranched alkanes of at least 4 members (excludes halogenated alkanes) is 1. The van der Waals surface area contributed by atoms with Crippen LogP contribution in [0.5, 0.6) is 0 Å². The van der Waals surface area contributed by atoms with Crippen molar-refractivity contribution in [2.75, 3.05) is 0 Å². The Morgan fingerprint density at radius 2 is 1.41 bits per heavy atom. The van der Waals surface area contributed by atoms with Gasteiger partial charge in [-0.3, -0.25) is 0 Å². The molecule has 37 heavy (non-hydrogen) atoms. The first-order valence-electron chi connectivity index (χ1n) is 17.4. The summed E-state index contributed by atoms with van der Waals surface area (Å²) in [6, 6.07) is 0. The Balaban J connectivity index is 2.70.